The van der Waals surface area contributed by atoms with Crippen LogP contribution in [-0.4, -0.2) is 17.7 Å². The first-order valence-corrected chi connectivity index (χ1v) is 6.10. The summed E-state index contributed by atoms with van der Waals surface area (Å²) in [5.74, 6) is 0.419. The molecule has 1 heterocycles. The fourth-order valence-electron chi connectivity index (χ4n) is 1.86. The maximum absolute atomic E-state index is 12.0. The van der Waals surface area contributed by atoms with Crippen molar-refractivity contribution in [1.82, 2.24) is 4.98 Å². The summed E-state index contributed by atoms with van der Waals surface area (Å²) in [7, 11) is 0. The lowest BCUT2D eigenvalue weighted by Crippen LogP contribution is -2.11. The highest BCUT2D eigenvalue weighted by atomic mass is 19.4. The van der Waals surface area contributed by atoms with Gasteiger partial charge in [-0.25, -0.2) is 4.98 Å². The Balaban J connectivity index is 2.10. The molecule has 1 aromatic heterocycles. The van der Waals surface area contributed by atoms with Gasteiger partial charge in [-0.3, -0.25) is 0 Å². The molecule has 0 amide bonds. The van der Waals surface area contributed by atoms with E-state index in [9.17, 15) is 13.2 Å². The summed E-state index contributed by atoms with van der Waals surface area (Å²) in [5.41, 5.74) is 1.10. The Bertz CT molecular complexity index is 644. The molecule has 0 unspecified atom stereocenters. The number of benzene rings is 1. The molecule has 0 spiro atoms. The average Bonchev–Trinajstić information content (AvgIpc) is 2.41. The molecule has 6 heteroatoms. The normalized spacial score (nSPS) is 11.3. The monoisotopic (exact) mass is 279 g/mol. The van der Waals surface area contributed by atoms with Crippen molar-refractivity contribution in [3.05, 3.63) is 35.9 Å². The number of nitriles is 1. The van der Waals surface area contributed by atoms with Crippen LogP contribution in [0.15, 0.2) is 30.3 Å². The van der Waals surface area contributed by atoms with Gasteiger partial charge in [0, 0.05) is 18.4 Å². The Morgan fingerprint density at radius 3 is 2.70 bits per heavy atom. The summed E-state index contributed by atoms with van der Waals surface area (Å²) in [4.78, 5) is 4.27. The number of nitrogens with zero attached hydrogens (tertiary/aromatic N) is 2. The highest BCUT2D eigenvalue weighted by molar-refractivity contribution is 5.86. The number of hydrogen-bond donors (Lipinski definition) is 1. The van der Waals surface area contributed by atoms with Gasteiger partial charge in [-0.1, -0.05) is 18.2 Å². The standard InChI is InChI=1S/C14H12F3N3/c15-14(16,17)6-3-7-19-13-8-10(9-18)11-4-1-2-5-12(11)20-13/h1-2,4-5,8H,3,6-7H2,(H,19,20). The molecular weight excluding hydrogens is 267 g/mol. The van der Waals surface area contributed by atoms with Gasteiger partial charge in [0.25, 0.3) is 0 Å². The number of nitrogens with one attached hydrogen (secondary N) is 1. The first-order valence-electron chi connectivity index (χ1n) is 6.10. The first-order chi connectivity index (χ1) is 9.49. The molecule has 1 aromatic carbocycles. The highest BCUT2D eigenvalue weighted by Gasteiger charge is 2.25. The largest absolute Gasteiger partial charge is 0.389 e. The molecule has 0 aliphatic rings. The zero-order valence-electron chi connectivity index (χ0n) is 10.5. The van der Waals surface area contributed by atoms with Gasteiger partial charge < -0.3 is 5.32 Å². The molecule has 20 heavy (non-hydrogen) atoms. The van der Waals surface area contributed by atoms with Gasteiger partial charge in [0.15, 0.2) is 0 Å². The van der Waals surface area contributed by atoms with E-state index >= 15 is 0 Å². The Labute approximate surface area is 114 Å². The van der Waals surface area contributed by atoms with Crippen LogP contribution in [-0.2, 0) is 0 Å². The number of para-hydroxylation sites is 1. The predicted octanol–water partition coefficient (Wildman–Crippen LogP) is 3.86. The second-order valence-electron chi connectivity index (χ2n) is 4.33. The molecule has 0 bridgehead atoms. The molecule has 3 nitrogen and oxygen atoms in total. The second-order valence-corrected chi connectivity index (χ2v) is 4.33. The molecule has 2 rings (SSSR count). The van der Waals surface area contributed by atoms with Crippen LogP contribution >= 0.6 is 0 Å². The third kappa shape index (κ3) is 3.60. The van der Waals surface area contributed by atoms with Crippen molar-refractivity contribution in [2.24, 2.45) is 0 Å². The molecule has 0 atom stereocenters. The van der Waals surface area contributed by atoms with E-state index in [2.05, 4.69) is 16.4 Å². The van der Waals surface area contributed by atoms with E-state index in [0.717, 1.165) is 5.39 Å². The minimum Gasteiger partial charge on any atom is -0.370 e. The fourth-order valence-corrected chi connectivity index (χ4v) is 1.86. The lowest BCUT2D eigenvalue weighted by molar-refractivity contribution is -0.134. The Morgan fingerprint density at radius 2 is 2.00 bits per heavy atom. The molecule has 0 aliphatic carbocycles. The third-order valence-electron chi connectivity index (χ3n) is 2.78. The fraction of sp³-hybridized carbons (Fsp3) is 0.286. The van der Waals surface area contributed by atoms with Crippen molar-refractivity contribution in [2.45, 2.75) is 19.0 Å². The maximum Gasteiger partial charge on any atom is 0.389 e. The van der Waals surface area contributed by atoms with Crippen molar-refractivity contribution >= 4 is 16.7 Å². The summed E-state index contributed by atoms with van der Waals surface area (Å²) in [5, 5.41) is 12.6. The molecule has 1 N–H and O–H groups in total. The van der Waals surface area contributed by atoms with E-state index in [-0.39, 0.29) is 13.0 Å². The lowest BCUT2D eigenvalue weighted by Gasteiger charge is -2.09. The van der Waals surface area contributed by atoms with E-state index in [4.69, 9.17) is 5.26 Å². The van der Waals surface area contributed by atoms with E-state index < -0.39 is 12.6 Å². The zero-order valence-corrected chi connectivity index (χ0v) is 10.5. The summed E-state index contributed by atoms with van der Waals surface area (Å²) in [6.07, 6.45) is -5.01. The Kier molecular flexibility index (Phi) is 4.08. The number of anilines is 1. The van der Waals surface area contributed by atoms with Gasteiger partial charge in [0.05, 0.1) is 17.1 Å². The molecular formula is C14H12F3N3. The Morgan fingerprint density at radius 1 is 1.25 bits per heavy atom. The van der Waals surface area contributed by atoms with Crippen LogP contribution in [0.5, 0.6) is 0 Å². The number of fused-ring (bicyclic) bond motifs is 1. The van der Waals surface area contributed by atoms with Crippen molar-refractivity contribution in [3.63, 3.8) is 0 Å². The zero-order chi connectivity index (χ0) is 14.6. The lowest BCUT2D eigenvalue weighted by atomic mass is 10.1. The van der Waals surface area contributed by atoms with Gasteiger partial charge in [0.2, 0.25) is 0 Å². The quantitative estimate of drug-likeness (QED) is 0.864. The number of alkyl halides is 3. The van der Waals surface area contributed by atoms with E-state index in [0.29, 0.717) is 16.9 Å². The van der Waals surface area contributed by atoms with Crippen LogP contribution in [0, 0.1) is 11.3 Å². The van der Waals surface area contributed by atoms with Gasteiger partial charge >= 0.3 is 6.18 Å². The number of halogens is 3. The molecule has 104 valence electrons. The number of pyridine rings is 1. The van der Waals surface area contributed by atoms with Gasteiger partial charge in [-0.05, 0) is 18.6 Å². The predicted molar refractivity (Wildman–Crippen MR) is 70.2 cm³/mol. The second kappa shape index (κ2) is 5.78. The minimum atomic E-state index is -4.14. The molecule has 2 aromatic rings. The van der Waals surface area contributed by atoms with Gasteiger partial charge in [0.1, 0.15) is 5.82 Å². The smallest absolute Gasteiger partial charge is 0.370 e. The first kappa shape index (κ1) is 14.1. The van der Waals surface area contributed by atoms with Crippen molar-refractivity contribution in [2.75, 3.05) is 11.9 Å². The average molecular weight is 279 g/mol. The molecule has 0 radical (unpaired) electrons. The summed E-state index contributed by atoms with van der Waals surface area (Å²) in [6.45, 7) is 0.162. The number of aromatic nitrogens is 1. The summed E-state index contributed by atoms with van der Waals surface area (Å²) < 4.78 is 36.1. The SMILES string of the molecule is N#Cc1cc(NCCCC(F)(F)F)nc2ccccc12. The van der Waals surface area contributed by atoms with E-state index in [1.165, 1.54) is 0 Å². The van der Waals surface area contributed by atoms with Gasteiger partial charge in [-0.2, -0.15) is 18.4 Å². The van der Waals surface area contributed by atoms with Crippen LogP contribution in [0.2, 0.25) is 0 Å². The van der Waals surface area contributed by atoms with E-state index in [1.54, 1.807) is 30.3 Å². The molecule has 0 saturated carbocycles. The van der Waals surface area contributed by atoms with Crippen LogP contribution in [0.25, 0.3) is 10.9 Å². The van der Waals surface area contributed by atoms with E-state index in [1.807, 2.05) is 0 Å². The number of hydrogen-bond acceptors (Lipinski definition) is 3. The van der Waals surface area contributed by atoms with Crippen LogP contribution < -0.4 is 5.32 Å². The highest BCUT2D eigenvalue weighted by Crippen LogP contribution is 2.22. The molecule has 0 fully saturated rings. The maximum atomic E-state index is 12.0. The number of rotatable bonds is 4. The van der Waals surface area contributed by atoms with Crippen molar-refractivity contribution in [1.29, 1.82) is 5.26 Å². The van der Waals surface area contributed by atoms with Crippen LogP contribution in [0.3, 0.4) is 0 Å². The molecule has 0 aliphatic heterocycles. The topological polar surface area (TPSA) is 48.7 Å². The summed E-state index contributed by atoms with van der Waals surface area (Å²) >= 11 is 0. The van der Waals surface area contributed by atoms with Crippen molar-refractivity contribution in [3.8, 4) is 6.07 Å². The minimum absolute atomic E-state index is 0.0279. The summed E-state index contributed by atoms with van der Waals surface area (Å²) in [6, 6.07) is 10.8. The van der Waals surface area contributed by atoms with Crippen molar-refractivity contribution < 1.29 is 13.2 Å². The molecule has 0 saturated heterocycles. The van der Waals surface area contributed by atoms with Crippen LogP contribution in [0.1, 0.15) is 18.4 Å². The van der Waals surface area contributed by atoms with Gasteiger partial charge in [-0.15, -0.1) is 0 Å². The third-order valence-corrected chi connectivity index (χ3v) is 2.78. The van der Waals surface area contributed by atoms with Crippen LogP contribution in [0.4, 0.5) is 19.0 Å². The Hall–Kier alpha value is -2.29.